The molecule has 1 aliphatic rings. The molecule has 2 aromatic carbocycles. The molecule has 152 valence electrons. The van der Waals surface area contributed by atoms with E-state index in [9.17, 15) is 13.2 Å². The number of aromatic nitrogens is 2. The molecule has 0 atom stereocenters. The van der Waals surface area contributed by atoms with Crippen molar-refractivity contribution >= 4 is 17.4 Å². The Morgan fingerprint density at radius 2 is 1.93 bits per heavy atom. The summed E-state index contributed by atoms with van der Waals surface area (Å²) in [5.74, 6) is 1.21. The van der Waals surface area contributed by atoms with Gasteiger partial charge in [0.1, 0.15) is 17.3 Å². The van der Waals surface area contributed by atoms with Crippen molar-refractivity contribution in [1.29, 1.82) is 0 Å². The Morgan fingerprint density at radius 3 is 2.69 bits per heavy atom. The van der Waals surface area contributed by atoms with Crippen LogP contribution in [0, 0.1) is 0 Å². The van der Waals surface area contributed by atoms with E-state index in [1.807, 2.05) is 0 Å². The van der Waals surface area contributed by atoms with Crippen LogP contribution in [-0.4, -0.2) is 23.4 Å². The van der Waals surface area contributed by atoms with Gasteiger partial charge >= 0.3 is 6.18 Å². The fraction of sp³-hybridized carbons (Fsp3) is 0.286. The molecule has 8 heteroatoms. The van der Waals surface area contributed by atoms with Crippen LogP contribution in [0.25, 0.3) is 16.9 Å². The molecule has 0 aliphatic carbocycles. The summed E-state index contributed by atoms with van der Waals surface area (Å²) in [6.45, 7) is 0.710. The second-order valence-corrected chi connectivity index (χ2v) is 7.27. The Morgan fingerprint density at radius 1 is 1.14 bits per heavy atom. The SMILES string of the molecule is COc1ccc(Cl)cc1-n1nc(-c2ccccc2C(F)(F)F)c2c1NCCCC2. The van der Waals surface area contributed by atoms with Gasteiger partial charge in [-0.3, -0.25) is 0 Å². The molecule has 0 saturated carbocycles. The zero-order chi connectivity index (χ0) is 20.6. The first kappa shape index (κ1) is 19.6. The minimum atomic E-state index is -4.47. The lowest BCUT2D eigenvalue weighted by atomic mass is 9.99. The number of anilines is 1. The number of methoxy groups -OCH3 is 1. The third kappa shape index (κ3) is 3.67. The predicted octanol–water partition coefficient (Wildman–Crippen LogP) is 5.97. The Kier molecular flexibility index (Phi) is 5.17. The monoisotopic (exact) mass is 421 g/mol. The van der Waals surface area contributed by atoms with E-state index in [1.165, 1.54) is 19.2 Å². The maximum Gasteiger partial charge on any atom is 0.417 e. The lowest BCUT2D eigenvalue weighted by Crippen LogP contribution is -2.08. The number of hydrogen-bond donors (Lipinski definition) is 1. The Balaban J connectivity index is 1.99. The first-order valence-electron chi connectivity index (χ1n) is 9.26. The summed E-state index contributed by atoms with van der Waals surface area (Å²) in [5, 5.41) is 8.43. The van der Waals surface area contributed by atoms with Crippen molar-refractivity contribution in [2.24, 2.45) is 0 Å². The van der Waals surface area contributed by atoms with Gasteiger partial charge in [0.05, 0.1) is 18.4 Å². The number of benzene rings is 2. The molecule has 3 aromatic rings. The maximum absolute atomic E-state index is 13.7. The molecule has 0 fully saturated rings. The van der Waals surface area contributed by atoms with E-state index < -0.39 is 11.7 Å². The van der Waals surface area contributed by atoms with Crippen molar-refractivity contribution in [3.8, 4) is 22.7 Å². The topological polar surface area (TPSA) is 39.1 Å². The molecule has 1 aliphatic heterocycles. The first-order valence-corrected chi connectivity index (χ1v) is 9.64. The number of fused-ring (bicyclic) bond motifs is 1. The number of hydrogen-bond acceptors (Lipinski definition) is 3. The Bertz CT molecular complexity index is 1050. The summed E-state index contributed by atoms with van der Waals surface area (Å²) in [4.78, 5) is 0. The largest absolute Gasteiger partial charge is 0.494 e. The van der Waals surface area contributed by atoms with Crippen LogP contribution in [-0.2, 0) is 12.6 Å². The van der Waals surface area contributed by atoms with Gasteiger partial charge in [-0.1, -0.05) is 29.8 Å². The summed E-state index contributed by atoms with van der Waals surface area (Å²) in [7, 11) is 1.53. The zero-order valence-corrected chi connectivity index (χ0v) is 16.4. The molecule has 4 nitrogen and oxygen atoms in total. The molecule has 2 heterocycles. The Labute approximate surface area is 171 Å². The lowest BCUT2D eigenvalue weighted by Gasteiger charge is -2.13. The van der Waals surface area contributed by atoms with Gasteiger partial charge in [0, 0.05) is 22.7 Å². The smallest absolute Gasteiger partial charge is 0.417 e. The van der Waals surface area contributed by atoms with Gasteiger partial charge in [-0.25, -0.2) is 4.68 Å². The van der Waals surface area contributed by atoms with Gasteiger partial charge < -0.3 is 10.1 Å². The van der Waals surface area contributed by atoms with Crippen LogP contribution in [0.5, 0.6) is 5.75 Å². The van der Waals surface area contributed by atoms with Crippen LogP contribution < -0.4 is 10.1 Å². The summed E-state index contributed by atoms with van der Waals surface area (Å²) in [6.07, 6.45) is -2.06. The van der Waals surface area contributed by atoms with E-state index in [1.54, 1.807) is 28.9 Å². The van der Waals surface area contributed by atoms with E-state index in [0.717, 1.165) is 24.5 Å². The van der Waals surface area contributed by atoms with E-state index in [-0.39, 0.29) is 5.56 Å². The molecule has 0 amide bonds. The van der Waals surface area contributed by atoms with Crippen LogP contribution in [0.3, 0.4) is 0 Å². The van der Waals surface area contributed by atoms with E-state index in [0.29, 0.717) is 40.9 Å². The average Bonchev–Trinajstić information content (AvgIpc) is 2.88. The highest BCUT2D eigenvalue weighted by Gasteiger charge is 2.35. The number of nitrogens with one attached hydrogen (secondary N) is 1. The maximum atomic E-state index is 13.7. The van der Waals surface area contributed by atoms with Gasteiger partial charge in [0.2, 0.25) is 0 Å². The predicted molar refractivity (Wildman–Crippen MR) is 107 cm³/mol. The van der Waals surface area contributed by atoms with Crippen LogP contribution in [0.4, 0.5) is 19.0 Å². The van der Waals surface area contributed by atoms with Gasteiger partial charge in [-0.05, 0) is 43.5 Å². The summed E-state index contributed by atoms with van der Waals surface area (Å²) < 4.78 is 48.0. The third-order valence-electron chi connectivity index (χ3n) is 4.99. The number of rotatable bonds is 3. The fourth-order valence-electron chi connectivity index (χ4n) is 3.66. The molecule has 1 N–H and O–H groups in total. The van der Waals surface area contributed by atoms with E-state index >= 15 is 0 Å². The molecular formula is C21H19ClF3N3O. The van der Waals surface area contributed by atoms with Crippen LogP contribution >= 0.6 is 11.6 Å². The number of halogens is 4. The molecule has 0 radical (unpaired) electrons. The number of ether oxygens (including phenoxy) is 1. The third-order valence-corrected chi connectivity index (χ3v) is 5.22. The van der Waals surface area contributed by atoms with Crippen LogP contribution in [0.15, 0.2) is 42.5 Å². The first-order chi connectivity index (χ1) is 13.9. The van der Waals surface area contributed by atoms with Crippen molar-refractivity contribution in [3.05, 3.63) is 58.6 Å². The van der Waals surface area contributed by atoms with Crippen molar-refractivity contribution in [2.75, 3.05) is 19.0 Å². The van der Waals surface area contributed by atoms with Gasteiger partial charge in [0.25, 0.3) is 0 Å². The van der Waals surface area contributed by atoms with Crippen molar-refractivity contribution in [3.63, 3.8) is 0 Å². The molecule has 29 heavy (non-hydrogen) atoms. The molecule has 0 bridgehead atoms. The number of nitrogens with zero attached hydrogens (tertiary/aromatic N) is 2. The normalized spacial score (nSPS) is 14.1. The summed E-state index contributed by atoms with van der Waals surface area (Å²) in [5.41, 5.74) is 1.03. The lowest BCUT2D eigenvalue weighted by molar-refractivity contribution is -0.137. The minimum Gasteiger partial charge on any atom is -0.494 e. The number of alkyl halides is 3. The van der Waals surface area contributed by atoms with Crippen LogP contribution in [0.1, 0.15) is 24.0 Å². The zero-order valence-electron chi connectivity index (χ0n) is 15.7. The quantitative estimate of drug-likeness (QED) is 0.566. The molecule has 0 saturated heterocycles. The molecule has 4 rings (SSSR count). The molecule has 1 aromatic heterocycles. The van der Waals surface area contributed by atoms with Gasteiger partial charge in [-0.15, -0.1) is 0 Å². The summed E-state index contributed by atoms with van der Waals surface area (Å²) in [6, 6.07) is 10.6. The van der Waals surface area contributed by atoms with Crippen molar-refractivity contribution in [2.45, 2.75) is 25.4 Å². The highest BCUT2D eigenvalue weighted by molar-refractivity contribution is 6.30. The highest BCUT2D eigenvalue weighted by atomic mass is 35.5. The average molecular weight is 422 g/mol. The van der Waals surface area contributed by atoms with Crippen molar-refractivity contribution in [1.82, 2.24) is 9.78 Å². The minimum absolute atomic E-state index is 0.0692. The highest BCUT2D eigenvalue weighted by Crippen LogP contribution is 2.41. The van der Waals surface area contributed by atoms with Gasteiger partial charge in [-0.2, -0.15) is 18.3 Å². The second kappa shape index (κ2) is 7.63. The molecule has 0 unspecified atom stereocenters. The van der Waals surface area contributed by atoms with Crippen molar-refractivity contribution < 1.29 is 17.9 Å². The second-order valence-electron chi connectivity index (χ2n) is 6.83. The molecule has 0 spiro atoms. The van der Waals surface area contributed by atoms with E-state index in [4.69, 9.17) is 16.3 Å². The Hall–Kier alpha value is -2.67. The van der Waals surface area contributed by atoms with Crippen LogP contribution in [0.2, 0.25) is 5.02 Å². The fourth-order valence-corrected chi connectivity index (χ4v) is 3.82. The van der Waals surface area contributed by atoms with E-state index in [2.05, 4.69) is 10.4 Å². The standard InChI is InChI=1S/C21H19ClF3N3O/c1-29-18-10-9-13(22)12-17(18)28-20-15(7-4-5-11-26-20)19(27-28)14-6-2-3-8-16(14)21(23,24)25/h2-3,6,8-10,12,26H,4-5,7,11H2,1H3. The molecular weight excluding hydrogens is 403 g/mol. The summed E-state index contributed by atoms with van der Waals surface area (Å²) >= 11 is 6.18. The van der Waals surface area contributed by atoms with Gasteiger partial charge in [0.15, 0.2) is 0 Å².